The second kappa shape index (κ2) is 8.95. The van der Waals surface area contributed by atoms with Gasteiger partial charge in [0.1, 0.15) is 11.4 Å². The summed E-state index contributed by atoms with van der Waals surface area (Å²) >= 11 is 0. The highest BCUT2D eigenvalue weighted by atomic mass is 16.4. The number of carbonyl (C=O) groups is 1. The SMILES string of the molecule is CC1(C)CCC(C)(C)C/N=C(C(/C=C/c2ccc(C(=O)O)cc2)=N\O)\C=N/C1. The number of nitrogens with zero attached hydrogens (tertiary/aromatic N) is 3. The van der Waals surface area contributed by atoms with Crippen molar-refractivity contribution in [2.24, 2.45) is 26.0 Å². The van der Waals surface area contributed by atoms with Crippen molar-refractivity contribution in [1.29, 1.82) is 0 Å². The lowest BCUT2D eigenvalue weighted by atomic mass is 9.79. The molecule has 0 atom stereocenters. The molecule has 0 bridgehead atoms. The van der Waals surface area contributed by atoms with Crippen molar-refractivity contribution in [1.82, 2.24) is 0 Å². The molecule has 0 radical (unpaired) electrons. The van der Waals surface area contributed by atoms with Crippen LogP contribution in [0.25, 0.3) is 6.08 Å². The van der Waals surface area contributed by atoms with Gasteiger partial charge >= 0.3 is 5.97 Å². The number of allylic oxidation sites excluding steroid dienone is 1. The van der Waals surface area contributed by atoms with Crippen molar-refractivity contribution < 1.29 is 15.1 Å². The van der Waals surface area contributed by atoms with Crippen molar-refractivity contribution in [3.8, 4) is 0 Å². The van der Waals surface area contributed by atoms with Crippen molar-refractivity contribution in [2.45, 2.75) is 40.5 Å². The van der Waals surface area contributed by atoms with Gasteiger partial charge in [0.15, 0.2) is 0 Å². The largest absolute Gasteiger partial charge is 0.478 e. The van der Waals surface area contributed by atoms with Crippen molar-refractivity contribution in [3.05, 3.63) is 41.5 Å². The van der Waals surface area contributed by atoms with E-state index in [4.69, 9.17) is 5.11 Å². The van der Waals surface area contributed by atoms with Crippen LogP contribution in [0.2, 0.25) is 0 Å². The van der Waals surface area contributed by atoms with Crippen LogP contribution in [-0.4, -0.2) is 47.0 Å². The summed E-state index contributed by atoms with van der Waals surface area (Å²) in [6, 6.07) is 6.46. The number of aromatic carboxylic acids is 1. The fourth-order valence-corrected chi connectivity index (χ4v) is 2.78. The van der Waals surface area contributed by atoms with Crippen LogP contribution < -0.4 is 0 Å². The maximum atomic E-state index is 10.9. The van der Waals surface area contributed by atoms with Crippen LogP contribution in [0.15, 0.2) is 45.5 Å². The third-order valence-corrected chi connectivity index (χ3v) is 4.85. The first-order chi connectivity index (χ1) is 13.1. The monoisotopic (exact) mass is 383 g/mol. The maximum Gasteiger partial charge on any atom is 0.335 e. The first-order valence-electron chi connectivity index (χ1n) is 9.40. The van der Waals surface area contributed by atoms with E-state index >= 15 is 0 Å². The second-order valence-electron chi connectivity index (χ2n) is 8.75. The number of carboxylic acid groups (broad SMARTS) is 1. The molecule has 150 valence electrons. The lowest BCUT2D eigenvalue weighted by molar-refractivity contribution is 0.0697. The van der Waals surface area contributed by atoms with E-state index in [9.17, 15) is 10.0 Å². The minimum Gasteiger partial charge on any atom is -0.478 e. The third-order valence-electron chi connectivity index (χ3n) is 4.85. The minimum atomic E-state index is -0.967. The number of rotatable bonds is 4. The summed E-state index contributed by atoms with van der Waals surface area (Å²) in [6.07, 6.45) is 7.21. The Morgan fingerprint density at radius 3 is 2.25 bits per heavy atom. The van der Waals surface area contributed by atoms with Gasteiger partial charge in [-0.15, -0.1) is 0 Å². The fourth-order valence-electron chi connectivity index (χ4n) is 2.78. The Hall–Kier alpha value is -2.76. The van der Waals surface area contributed by atoms with E-state index in [1.807, 2.05) is 0 Å². The van der Waals surface area contributed by atoms with Crippen LogP contribution in [0.4, 0.5) is 0 Å². The molecule has 1 aromatic rings. The molecule has 6 heteroatoms. The van der Waals surface area contributed by atoms with Crippen LogP contribution in [0.5, 0.6) is 0 Å². The molecule has 2 N–H and O–H groups in total. The van der Waals surface area contributed by atoms with Gasteiger partial charge in [0.05, 0.1) is 5.56 Å². The Balaban J connectivity index is 2.25. The van der Waals surface area contributed by atoms with Crippen LogP contribution in [0.1, 0.15) is 56.5 Å². The summed E-state index contributed by atoms with van der Waals surface area (Å²) < 4.78 is 0. The summed E-state index contributed by atoms with van der Waals surface area (Å²) in [4.78, 5) is 20.1. The van der Waals surface area contributed by atoms with Gasteiger partial charge in [-0.05, 0) is 47.4 Å². The quantitative estimate of drug-likeness (QED) is 0.452. The fraction of sp³-hybridized carbons (Fsp3) is 0.455. The van der Waals surface area contributed by atoms with Gasteiger partial charge in [-0.2, -0.15) is 0 Å². The minimum absolute atomic E-state index is 0.0463. The molecule has 28 heavy (non-hydrogen) atoms. The predicted molar refractivity (Wildman–Crippen MR) is 114 cm³/mol. The zero-order valence-electron chi connectivity index (χ0n) is 17.0. The Morgan fingerprint density at radius 2 is 1.68 bits per heavy atom. The van der Waals surface area contributed by atoms with E-state index in [1.54, 1.807) is 30.5 Å². The summed E-state index contributed by atoms with van der Waals surface area (Å²) in [7, 11) is 0. The molecule has 0 unspecified atom stereocenters. The van der Waals surface area contributed by atoms with Gasteiger partial charge in [0, 0.05) is 19.3 Å². The second-order valence-corrected chi connectivity index (χ2v) is 8.75. The highest BCUT2D eigenvalue weighted by Gasteiger charge is 2.25. The zero-order valence-corrected chi connectivity index (χ0v) is 17.0. The molecule has 1 aliphatic rings. The summed E-state index contributed by atoms with van der Waals surface area (Å²) in [5.74, 6) is -0.967. The lowest BCUT2D eigenvalue weighted by Gasteiger charge is -2.30. The molecule has 6 nitrogen and oxygen atoms in total. The molecule has 1 aliphatic heterocycles. The molecule has 0 spiro atoms. The van der Waals surface area contributed by atoms with Crippen molar-refractivity contribution in [2.75, 3.05) is 13.1 Å². The van der Waals surface area contributed by atoms with Gasteiger partial charge < -0.3 is 10.3 Å². The smallest absolute Gasteiger partial charge is 0.335 e. The molecular formula is C22H29N3O3. The predicted octanol–water partition coefficient (Wildman–Crippen LogP) is 4.59. The molecule has 0 fully saturated rings. The summed E-state index contributed by atoms with van der Waals surface area (Å²) in [5, 5.41) is 21.9. The number of aliphatic imine (C=N–C) groups is 2. The molecule has 0 aliphatic carbocycles. The zero-order chi connectivity index (χ0) is 20.8. The summed E-state index contributed by atoms with van der Waals surface area (Å²) in [5.41, 5.74) is 2.03. The molecule has 0 amide bonds. The lowest BCUT2D eigenvalue weighted by Crippen LogP contribution is -2.26. The number of hydrogen-bond acceptors (Lipinski definition) is 5. The molecule has 0 aromatic heterocycles. The van der Waals surface area contributed by atoms with Gasteiger partial charge in [0.25, 0.3) is 0 Å². The molecule has 0 saturated heterocycles. The highest BCUT2D eigenvalue weighted by molar-refractivity contribution is 6.65. The molecule has 0 saturated carbocycles. The van der Waals surface area contributed by atoms with Crippen LogP contribution in [0.3, 0.4) is 0 Å². The van der Waals surface area contributed by atoms with E-state index in [0.717, 1.165) is 18.4 Å². The molecule has 1 heterocycles. The van der Waals surface area contributed by atoms with Gasteiger partial charge in [-0.25, -0.2) is 4.79 Å². The Labute approximate surface area is 166 Å². The average Bonchev–Trinajstić information content (AvgIpc) is 2.64. The van der Waals surface area contributed by atoms with Gasteiger partial charge in [-0.1, -0.05) is 51.1 Å². The van der Waals surface area contributed by atoms with Crippen molar-refractivity contribution >= 4 is 29.7 Å². The van der Waals surface area contributed by atoms with E-state index in [1.165, 1.54) is 12.1 Å². The first kappa shape index (κ1) is 21.5. The molecule has 2 rings (SSSR count). The van der Waals surface area contributed by atoms with E-state index in [-0.39, 0.29) is 16.4 Å². The Morgan fingerprint density at radius 1 is 1.07 bits per heavy atom. The van der Waals surface area contributed by atoms with E-state index < -0.39 is 5.97 Å². The molecular weight excluding hydrogens is 354 g/mol. The number of oxime groups is 1. The Bertz CT molecular complexity index is 816. The van der Waals surface area contributed by atoms with Crippen molar-refractivity contribution in [3.63, 3.8) is 0 Å². The molecule has 1 aromatic carbocycles. The first-order valence-corrected chi connectivity index (χ1v) is 9.40. The average molecular weight is 383 g/mol. The highest BCUT2D eigenvalue weighted by Crippen LogP contribution is 2.31. The van der Waals surface area contributed by atoms with Gasteiger partial charge in [0.2, 0.25) is 0 Å². The maximum absolute atomic E-state index is 10.9. The van der Waals surface area contributed by atoms with Crippen LogP contribution in [0, 0.1) is 10.8 Å². The van der Waals surface area contributed by atoms with Crippen LogP contribution in [-0.2, 0) is 0 Å². The normalized spacial score (nSPS) is 23.0. The van der Waals surface area contributed by atoms with E-state index in [2.05, 4.69) is 42.8 Å². The van der Waals surface area contributed by atoms with Crippen LogP contribution >= 0.6 is 0 Å². The Kier molecular flexibility index (Phi) is 6.89. The third kappa shape index (κ3) is 6.44. The van der Waals surface area contributed by atoms with E-state index in [0.29, 0.717) is 24.5 Å². The number of benzene rings is 1. The number of hydrogen-bond donors (Lipinski definition) is 2. The topological polar surface area (TPSA) is 94.6 Å². The van der Waals surface area contributed by atoms with Gasteiger partial charge in [-0.3, -0.25) is 9.98 Å². The summed E-state index contributed by atoms with van der Waals surface area (Å²) in [6.45, 7) is 10.1. The number of carboxylic acids is 1. The standard InChI is InChI=1S/C22H29N3O3/c1-21(2)11-12-22(3,4)15-24-19(13-23-14-21)18(25-28)10-7-16-5-8-17(9-6-16)20(26)27/h5-10,13,28H,11-12,14-15H2,1-4H3,(H,26,27)/b10-7+,23-13-,24-19+,25-18-.